The Kier molecular flexibility index (Phi) is 4.15. The smallest absolute Gasteiger partial charge is 0.227 e. The monoisotopic (exact) mass is 299 g/mol. The normalized spacial score (nSPS) is 16.8. The summed E-state index contributed by atoms with van der Waals surface area (Å²) in [6.45, 7) is 0. The van der Waals surface area contributed by atoms with Gasteiger partial charge in [-0.3, -0.25) is 4.79 Å². The van der Waals surface area contributed by atoms with Crippen molar-refractivity contribution in [2.75, 3.05) is 5.32 Å². The van der Waals surface area contributed by atoms with Crippen LogP contribution in [0, 0.1) is 11.7 Å². The lowest BCUT2D eigenvalue weighted by Gasteiger charge is -2.20. The Labute approximate surface area is 109 Å². The van der Waals surface area contributed by atoms with E-state index in [1.54, 1.807) is 12.1 Å². The molecule has 0 unspecified atom stereocenters. The highest BCUT2D eigenvalue weighted by Gasteiger charge is 2.21. The Bertz CT molecular complexity index is 416. The van der Waals surface area contributed by atoms with Crippen molar-refractivity contribution in [2.24, 2.45) is 5.92 Å². The molecule has 0 atom stereocenters. The molecule has 17 heavy (non-hydrogen) atoms. The number of amides is 1. The van der Waals surface area contributed by atoms with Crippen molar-refractivity contribution in [3.05, 3.63) is 28.5 Å². The van der Waals surface area contributed by atoms with Crippen molar-refractivity contribution < 1.29 is 9.18 Å². The van der Waals surface area contributed by atoms with Crippen molar-refractivity contribution in [1.82, 2.24) is 0 Å². The van der Waals surface area contributed by atoms with E-state index in [4.69, 9.17) is 0 Å². The highest BCUT2D eigenvalue weighted by molar-refractivity contribution is 9.10. The zero-order chi connectivity index (χ0) is 12.3. The average Bonchev–Trinajstić information content (AvgIpc) is 2.34. The number of rotatable bonds is 2. The van der Waals surface area contributed by atoms with Gasteiger partial charge in [-0.05, 0) is 31.0 Å². The number of hydrogen-bond donors (Lipinski definition) is 1. The molecule has 0 saturated heterocycles. The third-order valence-electron chi connectivity index (χ3n) is 3.16. The van der Waals surface area contributed by atoms with Gasteiger partial charge >= 0.3 is 0 Å². The molecule has 1 aliphatic carbocycles. The average molecular weight is 300 g/mol. The molecule has 92 valence electrons. The summed E-state index contributed by atoms with van der Waals surface area (Å²) in [6.07, 6.45) is 5.24. The topological polar surface area (TPSA) is 29.1 Å². The molecule has 0 aliphatic heterocycles. The molecule has 1 fully saturated rings. The van der Waals surface area contributed by atoms with Crippen molar-refractivity contribution in [2.45, 2.75) is 32.1 Å². The molecule has 1 aromatic rings. The number of nitrogens with one attached hydrogen (secondary N) is 1. The molecule has 1 amide bonds. The Morgan fingerprint density at radius 3 is 2.65 bits per heavy atom. The summed E-state index contributed by atoms with van der Waals surface area (Å²) in [4.78, 5) is 11.9. The van der Waals surface area contributed by atoms with E-state index in [9.17, 15) is 9.18 Å². The van der Waals surface area contributed by atoms with Crippen LogP contribution >= 0.6 is 15.9 Å². The molecule has 1 aromatic carbocycles. The number of hydrogen-bond acceptors (Lipinski definition) is 1. The molecule has 1 aliphatic rings. The second-order valence-electron chi connectivity index (χ2n) is 4.45. The summed E-state index contributed by atoms with van der Waals surface area (Å²) in [5, 5.41) is 2.67. The minimum absolute atomic E-state index is 0.0480. The fraction of sp³-hybridized carbons (Fsp3) is 0.462. The lowest BCUT2D eigenvalue weighted by Crippen LogP contribution is -2.25. The van der Waals surface area contributed by atoms with Crippen molar-refractivity contribution in [1.29, 1.82) is 0 Å². The van der Waals surface area contributed by atoms with Crippen LogP contribution < -0.4 is 5.32 Å². The summed E-state index contributed by atoms with van der Waals surface area (Å²) >= 11 is 3.19. The van der Waals surface area contributed by atoms with Gasteiger partial charge in [-0.25, -0.2) is 4.39 Å². The first kappa shape index (κ1) is 12.6. The van der Waals surface area contributed by atoms with Gasteiger partial charge in [0, 0.05) is 10.4 Å². The summed E-state index contributed by atoms with van der Waals surface area (Å²) in [6, 6.07) is 4.66. The summed E-state index contributed by atoms with van der Waals surface area (Å²) in [5.74, 6) is -0.402. The molecular formula is C13H15BrFNO. The predicted molar refractivity (Wildman–Crippen MR) is 69.3 cm³/mol. The first-order chi connectivity index (χ1) is 8.16. The first-order valence-electron chi connectivity index (χ1n) is 5.93. The largest absolute Gasteiger partial charge is 0.323 e. The van der Waals surface area contributed by atoms with Crippen LogP contribution in [0.3, 0.4) is 0 Å². The number of carbonyl (C=O) groups is 1. The van der Waals surface area contributed by atoms with Crippen molar-refractivity contribution in [3.8, 4) is 0 Å². The van der Waals surface area contributed by atoms with Gasteiger partial charge in [0.2, 0.25) is 5.91 Å². The van der Waals surface area contributed by atoms with Crippen LogP contribution in [0.1, 0.15) is 32.1 Å². The van der Waals surface area contributed by atoms with Gasteiger partial charge in [0.25, 0.3) is 0 Å². The van der Waals surface area contributed by atoms with E-state index in [-0.39, 0.29) is 17.5 Å². The van der Waals surface area contributed by atoms with Gasteiger partial charge in [-0.15, -0.1) is 0 Å². The lowest BCUT2D eigenvalue weighted by atomic mass is 9.88. The van der Waals surface area contributed by atoms with Crippen molar-refractivity contribution in [3.63, 3.8) is 0 Å². The molecule has 4 heteroatoms. The quantitative estimate of drug-likeness (QED) is 0.875. The molecule has 0 aromatic heterocycles. The zero-order valence-corrected chi connectivity index (χ0v) is 11.1. The molecule has 1 N–H and O–H groups in total. The van der Waals surface area contributed by atoms with Gasteiger partial charge in [0.1, 0.15) is 5.82 Å². The van der Waals surface area contributed by atoms with E-state index in [2.05, 4.69) is 21.2 Å². The highest BCUT2D eigenvalue weighted by Crippen LogP contribution is 2.26. The van der Waals surface area contributed by atoms with E-state index in [0.717, 1.165) is 25.7 Å². The number of halogens is 2. The number of carbonyl (C=O) groups excluding carboxylic acids is 1. The fourth-order valence-corrected chi connectivity index (χ4v) is 2.52. The fourth-order valence-electron chi connectivity index (χ4n) is 2.19. The van der Waals surface area contributed by atoms with Gasteiger partial charge in [-0.2, -0.15) is 0 Å². The molecular weight excluding hydrogens is 285 g/mol. The SMILES string of the molecule is O=C(Nc1ccc(Br)cc1F)C1CCCCC1. The molecule has 0 radical (unpaired) electrons. The molecule has 0 bridgehead atoms. The van der Waals surface area contributed by atoms with Gasteiger partial charge in [0.05, 0.1) is 5.69 Å². The number of benzene rings is 1. The molecule has 2 nitrogen and oxygen atoms in total. The lowest BCUT2D eigenvalue weighted by molar-refractivity contribution is -0.120. The maximum atomic E-state index is 13.5. The Balaban J connectivity index is 2.02. The van der Waals surface area contributed by atoms with Crippen LogP contribution in [0.2, 0.25) is 0 Å². The van der Waals surface area contributed by atoms with Crippen LogP contribution in [0.4, 0.5) is 10.1 Å². The second kappa shape index (κ2) is 5.63. The summed E-state index contributed by atoms with van der Waals surface area (Å²) < 4.78 is 14.2. The van der Waals surface area contributed by atoms with E-state index in [1.807, 2.05) is 0 Å². The van der Waals surface area contributed by atoms with Gasteiger partial charge in [0.15, 0.2) is 0 Å². The standard InChI is InChI=1S/C13H15BrFNO/c14-10-6-7-12(11(15)8-10)16-13(17)9-4-2-1-3-5-9/h6-9H,1-5H2,(H,16,17). The molecule has 1 saturated carbocycles. The molecule has 2 rings (SSSR count). The van der Waals surface area contributed by atoms with E-state index >= 15 is 0 Å². The van der Waals surface area contributed by atoms with E-state index in [1.165, 1.54) is 12.5 Å². The maximum Gasteiger partial charge on any atom is 0.227 e. The second-order valence-corrected chi connectivity index (χ2v) is 5.36. The van der Waals surface area contributed by atoms with E-state index < -0.39 is 5.82 Å². The Morgan fingerprint density at radius 2 is 2.00 bits per heavy atom. The summed E-state index contributed by atoms with van der Waals surface area (Å²) in [7, 11) is 0. The predicted octanol–water partition coefficient (Wildman–Crippen LogP) is 4.11. The molecule has 0 spiro atoms. The van der Waals surface area contributed by atoms with Crippen molar-refractivity contribution >= 4 is 27.5 Å². The third-order valence-corrected chi connectivity index (χ3v) is 3.66. The highest BCUT2D eigenvalue weighted by atomic mass is 79.9. The molecule has 0 heterocycles. The first-order valence-corrected chi connectivity index (χ1v) is 6.72. The Hall–Kier alpha value is -0.900. The minimum Gasteiger partial charge on any atom is -0.323 e. The van der Waals surface area contributed by atoms with E-state index in [0.29, 0.717) is 4.47 Å². The summed E-state index contributed by atoms with van der Waals surface area (Å²) in [5.41, 5.74) is 0.267. The van der Waals surface area contributed by atoms with Gasteiger partial charge < -0.3 is 5.32 Å². The minimum atomic E-state index is -0.400. The van der Waals surface area contributed by atoms with Crippen LogP contribution in [-0.2, 0) is 4.79 Å². The zero-order valence-electron chi connectivity index (χ0n) is 9.51. The van der Waals surface area contributed by atoms with Crippen LogP contribution in [0.25, 0.3) is 0 Å². The maximum absolute atomic E-state index is 13.5. The number of anilines is 1. The Morgan fingerprint density at radius 1 is 1.29 bits per heavy atom. The van der Waals surface area contributed by atoms with Crippen LogP contribution in [-0.4, -0.2) is 5.91 Å². The van der Waals surface area contributed by atoms with Crippen LogP contribution in [0.5, 0.6) is 0 Å². The van der Waals surface area contributed by atoms with Crippen LogP contribution in [0.15, 0.2) is 22.7 Å². The third kappa shape index (κ3) is 3.28. The van der Waals surface area contributed by atoms with Gasteiger partial charge in [-0.1, -0.05) is 35.2 Å².